The molecule has 5 heteroatoms. The number of allylic oxidation sites excluding steroid dienone is 1. The Morgan fingerprint density at radius 1 is 1.40 bits per heavy atom. The molecule has 20 heavy (non-hydrogen) atoms. The van der Waals surface area contributed by atoms with Crippen LogP contribution in [-0.4, -0.2) is 52.3 Å². The fourth-order valence-corrected chi connectivity index (χ4v) is 3.16. The van der Waals surface area contributed by atoms with Crippen LogP contribution in [0, 0.1) is 6.92 Å². The number of rotatable bonds is 7. The molecule has 1 aliphatic heterocycles. The van der Waals surface area contributed by atoms with Crippen LogP contribution in [-0.2, 0) is 0 Å². The maximum Gasteiger partial charge on any atom is 0.233 e. The van der Waals surface area contributed by atoms with Gasteiger partial charge in [-0.25, -0.2) is 0 Å². The summed E-state index contributed by atoms with van der Waals surface area (Å²) >= 11 is 2.03. The Morgan fingerprint density at radius 2 is 2.20 bits per heavy atom. The molecular weight excluding hydrogens is 270 g/mol. The van der Waals surface area contributed by atoms with Crippen LogP contribution >= 0.6 is 11.8 Å². The predicted octanol–water partition coefficient (Wildman–Crippen LogP) is 2.55. The van der Waals surface area contributed by atoms with Gasteiger partial charge in [0.25, 0.3) is 0 Å². The van der Waals surface area contributed by atoms with Crippen molar-refractivity contribution in [1.82, 2.24) is 15.1 Å². The van der Waals surface area contributed by atoms with Gasteiger partial charge in [0.05, 0.1) is 5.69 Å². The molecule has 1 atom stereocenters. The van der Waals surface area contributed by atoms with Gasteiger partial charge >= 0.3 is 0 Å². The first kappa shape index (κ1) is 15.3. The maximum atomic E-state index is 6.00. The van der Waals surface area contributed by atoms with Gasteiger partial charge in [-0.1, -0.05) is 6.08 Å². The van der Waals surface area contributed by atoms with Crippen molar-refractivity contribution in [1.29, 1.82) is 0 Å². The second kappa shape index (κ2) is 8.27. The molecule has 1 saturated heterocycles. The summed E-state index contributed by atoms with van der Waals surface area (Å²) in [5, 5.41) is 8.15. The summed E-state index contributed by atoms with van der Waals surface area (Å²) in [6, 6.07) is 3.83. The van der Waals surface area contributed by atoms with Crippen LogP contribution in [0.3, 0.4) is 0 Å². The van der Waals surface area contributed by atoms with E-state index in [1.807, 2.05) is 36.9 Å². The minimum atomic E-state index is 0.160. The topological polar surface area (TPSA) is 38.2 Å². The first-order chi connectivity index (χ1) is 9.78. The molecule has 0 spiro atoms. The van der Waals surface area contributed by atoms with Gasteiger partial charge in [-0.3, -0.25) is 4.90 Å². The van der Waals surface area contributed by atoms with E-state index >= 15 is 0 Å². The Morgan fingerprint density at radius 3 is 2.85 bits per heavy atom. The van der Waals surface area contributed by atoms with Crippen molar-refractivity contribution in [3.8, 4) is 5.88 Å². The maximum absolute atomic E-state index is 6.00. The fraction of sp³-hybridized carbons (Fsp3) is 0.600. The molecule has 1 unspecified atom stereocenters. The third-order valence-corrected chi connectivity index (χ3v) is 4.26. The van der Waals surface area contributed by atoms with Crippen LogP contribution in [0.4, 0.5) is 0 Å². The van der Waals surface area contributed by atoms with Crippen molar-refractivity contribution in [2.45, 2.75) is 25.9 Å². The largest absolute Gasteiger partial charge is 0.472 e. The SMILES string of the molecule is C=CCCC(CN1CCSCC1)Oc1ccc(C)nn1. The number of aromatic nitrogens is 2. The van der Waals surface area contributed by atoms with E-state index in [2.05, 4.69) is 21.7 Å². The summed E-state index contributed by atoms with van der Waals surface area (Å²) in [6.45, 7) is 8.99. The zero-order chi connectivity index (χ0) is 14.2. The molecule has 2 rings (SSSR count). The highest BCUT2D eigenvalue weighted by Gasteiger charge is 2.18. The number of nitrogens with zero attached hydrogens (tertiary/aromatic N) is 3. The number of hydrogen-bond donors (Lipinski definition) is 0. The molecular formula is C15H23N3OS. The molecule has 1 aromatic heterocycles. The van der Waals surface area contributed by atoms with E-state index in [9.17, 15) is 0 Å². The quantitative estimate of drug-likeness (QED) is 0.722. The minimum Gasteiger partial charge on any atom is -0.472 e. The molecule has 1 fully saturated rings. The van der Waals surface area contributed by atoms with E-state index in [0.29, 0.717) is 5.88 Å². The molecule has 0 amide bonds. The van der Waals surface area contributed by atoms with Gasteiger partial charge in [0.15, 0.2) is 0 Å². The van der Waals surface area contributed by atoms with Gasteiger partial charge in [-0.05, 0) is 25.8 Å². The Bertz CT molecular complexity index is 404. The standard InChI is InChI=1S/C15H23N3OS/c1-3-4-5-14(12-18-8-10-20-11-9-18)19-15-7-6-13(2)16-17-15/h3,6-7,14H,1,4-5,8-12H2,2H3. The summed E-state index contributed by atoms with van der Waals surface area (Å²) in [6.07, 6.45) is 4.05. The van der Waals surface area contributed by atoms with Gasteiger partial charge in [-0.2, -0.15) is 16.9 Å². The Kier molecular flexibility index (Phi) is 6.33. The molecule has 0 bridgehead atoms. The lowest BCUT2D eigenvalue weighted by Gasteiger charge is -2.30. The van der Waals surface area contributed by atoms with Crippen molar-refractivity contribution in [3.63, 3.8) is 0 Å². The normalized spacial score (nSPS) is 17.6. The molecule has 0 radical (unpaired) electrons. The highest BCUT2D eigenvalue weighted by Crippen LogP contribution is 2.15. The van der Waals surface area contributed by atoms with Crippen molar-refractivity contribution < 1.29 is 4.74 Å². The molecule has 110 valence electrons. The van der Waals surface area contributed by atoms with E-state index in [1.54, 1.807) is 0 Å². The van der Waals surface area contributed by atoms with Crippen molar-refractivity contribution >= 4 is 11.8 Å². The third-order valence-electron chi connectivity index (χ3n) is 3.32. The molecule has 0 aliphatic carbocycles. The second-order valence-electron chi connectivity index (χ2n) is 5.03. The molecule has 2 heterocycles. The lowest BCUT2D eigenvalue weighted by Crippen LogP contribution is -2.40. The van der Waals surface area contributed by atoms with Crippen molar-refractivity contribution in [2.24, 2.45) is 0 Å². The first-order valence-electron chi connectivity index (χ1n) is 7.16. The molecule has 1 aliphatic rings. The van der Waals surface area contributed by atoms with Crippen molar-refractivity contribution in [2.75, 3.05) is 31.1 Å². The molecule has 0 saturated carbocycles. The number of hydrogen-bond acceptors (Lipinski definition) is 5. The summed E-state index contributed by atoms with van der Waals surface area (Å²) < 4.78 is 6.00. The predicted molar refractivity (Wildman–Crippen MR) is 84.4 cm³/mol. The van der Waals surface area contributed by atoms with Crippen LogP contribution in [0.2, 0.25) is 0 Å². The van der Waals surface area contributed by atoms with Crippen LogP contribution in [0.15, 0.2) is 24.8 Å². The minimum absolute atomic E-state index is 0.160. The van der Waals surface area contributed by atoms with Gasteiger partial charge in [0.2, 0.25) is 5.88 Å². The van der Waals surface area contributed by atoms with Crippen LogP contribution in [0.5, 0.6) is 5.88 Å². The molecule has 4 nitrogen and oxygen atoms in total. The fourth-order valence-electron chi connectivity index (χ4n) is 2.18. The average Bonchev–Trinajstić information content (AvgIpc) is 2.48. The molecule has 0 aromatic carbocycles. The number of ether oxygens (including phenoxy) is 1. The van der Waals surface area contributed by atoms with E-state index in [1.165, 1.54) is 11.5 Å². The van der Waals surface area contributed by atoms with Crippen LogP contribution in [0.25, 0.3) is 0 Å². The molecule has 1 aromatic rings. The third kappa shape index (κ3) is 5.13. The lowest BCUT2D eigenvalue weighted by atomic mass is 10.2. The van der Waals surface area contributed by atoms with Gasteiger partial charge in [0.1, 0.15) is 6.10 Å². The van der Waals surface area contributed by atoms with Crippen LogP contribution in [0.1, 0.15) is 18.5 Å². The second-order valence-corrected chi connectivity index (χ2v) is 6.26. The van der Waals surface area contributed by atoms with E-state index in [0.717, 1.165) is 38.2 Å². The van der Waals surface area contributed by atoms with Gasteiger partial charge < -0.3 is 4.74 Å². The first-order valence-corrected chi connectivity index (χ1v) is 8.31. The van der Waals surface area contributed by atoms with E-state index in [-0.39, 0.29) is 6.10 Å². The average molecular weight is 293 g/mol. The van der Waals surface area contributed by atoms with E-state index < -0.39 is 0 Å². The summed E-state index contributed by atoms with van der Waals surface area (Å²) in [5.74, 6) is 3.06. The summed E-state index contributed by atoms with van der Waals surface area (Å²) in [7, 11) is 0. The van der Waals surface area contributed by atoms with Gasteiger partial charge in [-0.15, -0.1) is 11.7 Å². The van der Waals surface area contributed by atoms with Crippen molar-refractivity contribution in [3.05, 3.63) is 30.5 Å². The Hall–Kier alpha value is -1.07. The highest BCUT2D eigenvalue weighted by atomic mass is 32.2. The number of thioether (sulfide) groups is 1. The lowest BCUT2D eigenvalue weighted by molar-refractivity contribution is 0.126. The molecule has 0 N–H and O–H groups in total. The Balaban J connectivity index is 1.91. The summed E-state index contributed by atoms with van der Waals surface area (Å²) in [4.78, 5) is 2.48. The zero-order valence-corrected chi connectivity index (χ0v) is 12.9. The highest BCUT2D eigenvalue weighted by molar-refractivity contribution is 7.99. The van der Waals surface area contributed by atoms with Gasteiger partial charge in [0, 0.05) is 37.2 Å². The van der Waals surface area contributed by atoms with Crippen LogP contribution < -0.4 is 4.74 Å². The number of aryl methyl sites for hydroxylation is 1. The monoisotopic (exact) mass is 293 g/mol. The Labute approximate surface area is 125 Å². The zero-order valence-electron chi connectivity index (χ0n) is 12.1. The summed E-state index contributed by atoms with van der Waals surface area (Å²) in [5.41, 5.74) is 0.910. The van der Waals surface area contributed by atoms with E-state index in [4.69, 9.17) is 4.74 Å². The smallest absolute Gasteiger partial charge is 0.233 e.